The Kier molecular flexibility index (Phi) is 5.99. The first-order valence-corrected chi connectivity index (χ1v) is 6.74. The van der Waals surface area contributed by atoms with Crippen molar-refractivity contribution in [3.8, 4) is 0 Å². The summed E-state index contributed by atoms with van der Waals surface area (Å²) in [7, 11) is 1.78. The summed E-state index contributed by atoms with van der Waals surface area (Å²) in [6, 6.07) is 8.94. The van der Waals surface area contributed by atoms with Gasteiger partial charge in [0.15, 0.2) is 0 Å². The molecule has 0 spiro atoms. The lowest BCUT2D eigenvalue weighted by atomic mass is 10.0. The summed E-state index contributed by atoms with van der Waals surface area (Å²) in [6.45, 7) is 4.81. The molecule has 0 saturated carbocycles. The number of carbonyl (C=O) groups is 1. The van der Waals surface area contributed by atoms with Gasteiger partial charge in [-0.2, -0.15) is 0 Å². The monoisotopic (exact) mass is 263 g/mol. The molecule has 0 aromatic heterocycles. The summed E-state index contributed by atoms with van der Waals surface area (Å²) in [4.78, 5) is 13.9. The van der Waals surface area contributed by atoms with Gasteiger partial charge in [0.1, 0.15) is 6.04 Å². The van der Waals surface area contributed by atoms with E-state index in [9.17, 15) is 4.79 Å². The van der Waals surface area contributed by atoms with Crippen molar-refractivity contribution in [3.63, 3.8) is 0 Å². The lowest BCUT2D eigenvalue weighted by Crippen LogP contribution is -2.39. The van der Waals surface area contributed by atoms with Gasteiger partial charge in [-0.05, 0) is 17.9 Å². The van der Waals surface area contributed by atoms with Crippen molar-refractivity contribution in [2.75, 3.05) is 13.6 Å². The van der Waals surface area contributed by atoms with E-state index >= 15 is 0 Å². The normalized spacial score (nSPS) is 14.2. The van der Waals surface area contributed by atoms with Gasteiger partial charge in [-0.25, -0.2) is 0 Å². The molecule has 19 heavy (non-hydrogen) atoms. The number of hydrogen-bond donors (Lipinski definition) is 2. The second-order valence-corrected chi connectivity index (χ2v) is 5.34. The van der Waals surface area contributed by atoms with Crippen LogP contribution in [0.4, 0.5) is 0 Å². The van der Waals surface area contributed by atoms with E-state index in [0.717, 1.165) is 12.0 Å². The third-order valence-corrected chi connectivity index (χ3v) is 3.46. The van der Waals surface area contributed by atoms with E-state index in [1.807, 2.05) is 30.3 Å². The van der Waals surface area contributed by atoms with Gasteiger partial charge in [0.25, 0.3) is 0 Å². The van der Waals surface area contributed by atoms with Gasteiger partial charge in [0, 0.05) is 19.6 Å². The van der Waals surface area contributed by atoms with Gasteiger partial charge in [-0.3, -0.25) is 4.79 Å². The maximum atomic E-state index is 12.2. The average molecular weight is 263 g/mol. The topological polar surface area (TPSA) is 72.3 Å². The number of rotatable bonds is 6. The molecular formula is C15H25N3O. The minimum Gasteiger partial charge on any atom is -0.344 e. The van der Waals surface area contributed by atoms with E-state index < -0.39 is 6.04 Å². The van der Waals surface area contributed by atoms with Gasteiger partial charge in [0.2, 0.25) is 5.91 Å². The minimum absolute atomic E-state index is 0.0674. The molecule has 0 bridgehead atoms. The number of hydrogen-bond acceptors (Lipinski definition) is 3. The molecule has 2 unspecified atom stereocenters. The van der Waals surface area contributed by atoms with Crippen LogP contribution in [0.3, 0.4) is 0 Å². The maximum absolute atomic E-state index is 12.2. The van der Waals surface area contributed by atoms with Crippen LogP contribution in [0.5, 0.6) is 0 Å². The van der Waals surface area contributed by atoms with Crippen LogP contribution in [-0.4, -0.2) is 30.4 Å². The highest BCUT2D eigenvalue weighted by Crippen LogP contribution is 2.13. The number of nitrogens with zero attached hydrogens (tertiary/aromatic N) is 1. The standard InChI is InChI=1S/C15H25N3O/c1-11(2)13(16)9-10-18(3)15(19)14(17)12-7-5-4-6-8-12/h4-8,11,13-14H,9-10,16-17H2,1-3H3. The molecule has 4 nitrogen and oxygen atoms in total. The van der Waals surface area contributed by atoms with Crippen molar-refractivity contribution in [1.29, 1.82) is 0 Å². The highest BCUT2D eigenvalue weighted by atomic mass is 16.2. The lowest BCUT2D eigenvalue weighted by molar-refractivity contribution is -0.131. The van der Waals surface area contributed by atoms with Crippen LogP contribution in [0.15, 0.2) is 30.3 Å². The first-order valence-electron chi connectivity index (χ1n) is 6.74. The first kappa shape index (κ1) is 15.7. The fourth-order valence-electron chi connectivity index (χ4n) is 1.83. The molecule has 0 heterocycles. The van der Waals surface area contributed by atoms with Crippen LogP contribution in [0.25, 0.3) is 0 Å². The number of carbonyl (C=O) groups excluding carboxylic acids is 1. The van der Waals surface area contributed by atoms with E-state index in [-0.39, 0.29) is 11.9 Å². The third kappa shape index (κ3) is 4.65. The minimum atomic E-state index is -0.596. The molecule has 0 radical (unpaired) electrons. The van der Waals surface area contributed by atoms with Gasteiger partial charge in [0.05, 0.1) is 0 Å². The Morgan fingerprint density at radius 3 is 2.32 bits per heavy atom. The highest BCUT2D eigenvalue weighted by molar-refractivity contribution is 5.82. The van der Waals surface area contributed by atoms with Gasteiger partial charge >= 0.3 is 0 Å². The lowest BCUT2D eigenvalue weighted by Gasteiger charge is -2.24. The van der Waals surface area contributed by atoms with E-state index in [1.165, 1.54) is 0 Å². The molecule has 0 aliphatic heterocycles. The van der Waals surface area contributed by atoms with Crippen LogP contribution >= 0.6 is 0 Å². The fourth-order valence-corrected chi connectivity index (χ4v) is 1.83. The summed E-state index contributed by atoms with van der Waals surface area (Å²) in [5, 5.41) is 0. The Labute approximate surface area is 115 Å². The zero-order valence-electron chi connectivity index (χ0n) is 12.0. The molecule has 0 saturated heterocycles. The summed E-state index contributed by atoms with van der Waals surface area (Å²) >= 11 is 0. The molecule has 106 valence electrons. The molecule has 0 fully saturated rings. The number of likely N-dealkylation sites (N-methyl/N-ethyl adjacent to an activating group) is 1. The first-order chi connectivity index (χ1) is 8.93. The van der Waals surface area contributed by atoms with Crippen LogP contribution in [0, 0.1) is 5.92 Å². The van der Waals surface area contributed by atoms with Crippen molar-refractivity contribution in [2.24, 2.45) is 17.4 Å². The number of amides is 1. The van der Waals surface area contributed by atoms with E-state index in [0.29, 0.717) is 12.5 Å². The molecule has 1 amide bonds. The Bertz CT molecular complexity index is 392. The average Bonchev–Trinajstić information content (AvgIpc) is 2.43. The Morgan fingerprint density at radius 2 is 1.79 bits per heavy atom. The molecule has 4 N–H and O–H groups in total. The summed E-state index contributed by atoms with van der Waals surface area (Å²) in [6.07, 6.45) is 0.793. The van der Waals surface area contributed by atoms with Crippen molar-refractivity contribution >= 4 is 5.91 Å². The highest BCUT2D eigenvalue weighted by Gasteiger charge is 2.20. The zero-order chi connectivity index (χ0) is 14.4. The summed E-state index contributed by atoms with van der Waals surface area (Å²) in [5.41, 5.74) is 12.8. The second-order valence-electron chi connectivity index (χ2n) is 5.34. The largest absolute Gasteiger partial charge is 0.344 e. The van der Waals surface area contributed by atoms with E-state index in [4.69, 9.17) is 11.5 Å². The van der Waals surface area contributed by atoms with Crippen LogP contribution in [-0.2, 0) is 4.79 Å². The molecule has 0 aliphatic rings. The van der Waals surface area contributed by atoms with Crippen LogP contribution in [0.1, 0.15) is 31.9 Å². The number of nitrogens with two attached hydrogens (primary N) is 2. The van der Waals surface area contributed by atoms with Crippen LogP contribution in [0.2, 0.25) is 0 Å². The Hall–Kier alpha value is -1.39. The predicted molar refractivity (Wildman–Crippen MR) is 78.4 cm³/mol. The van der Waals surface area contributed by atoms with Crippen molar-refractivity contribution < 1.29 is 4.79 Å². The summed E-state index contributed by atoms with van der Waals surface area (Å²) in [5.74, 6) is 0.355. The second kappa shape index (κ2) is 7.26. The zero-order valence-corrected chi connectivity index (χ0v) is 12.0. The Balaban J connectivity index is 2.53. The van der Waals surface area contributed by atoms with Crippen molar-refractivity contribution in [1.82, 2.24) is 4.90 Å². The fraction of sp³-hybridized carbons (Fsp3) is 0.533. The van der Waals surface area contributed by atoms with Crippen molar-refractivity contribution in [3.05, 3.63) is 35.9 Å². The maximum Gasteiger partial charge on any atom is 0.243 e. The van der Waals surface area contributed by atoms with Crippen LogP contribution < -0.4 is 11.5 Å². The van der Waals surface area contributed by atoms with E-state index in [2.05, 4.69) is 13.8 Å². The van der Waals surface area contributed by atoms with E-state index in [1.54, 1.807) is 11.9 Å². The molecule has 0 aliphatic carbocycles. The molecular weight excluding hydrogens is 238 g/mol. The number of benzene rings is 1. The predicted octanol–water partition coefficient (Wildman–Crippen LogP) is 1.52. The Morgan fingerprint density at radius 1 is 1.21 bits per heavy atom. The summed E-state index contributed by atoms with van der Waals surface area (Å²) < 4.78 is 0. The molecule has 1 rings (SSSR count). The van der Waals surface area contributed by atoms with Gasteiger partial charge in [-0.1, -0.05) is 44.2 Å². The quantitative estimate of drug-likeness (QED) is 0.817. The SMILES string of the molecule is CC(C)C(N)CCN(C)C(=O)C(N)c1ccccc1. The third-order valence-electron chi connectivity index (χ3n) is 3.46. The molecule has 1 aromatic carbocycles. The molecule has 2 atom stereocenters. The van der Waals surface area contributed by atoms with Crippen molar-refractivity contribution in [2.45, 2.75) is 32.4 Å². The van der Waals surface area contributed by atoms with Gasteiger partial charge in [-0.15, -0.1) is 0 Å². The van der Waals surface area contributed by atoms with Gasteiger partial charge < -0.3 is 16.4 Å². The molecule has 1 aromatic rings. The smallest absolute Gasteiger partial charge is 0.243 e. The molecule has 4 heteroatoms.